The van der Waals surface area contributed by atoms with Gasteiger partial charge in [-0.25, -0.2) is 0 Å². The fourth-order valence-electron chi connectivity index (χ4n) is 1.71. The number of benzene rings is 1. The molecule has 1 aromatic carbocycles. The zero-order valence-electron chi connectivity index (χ0n) is 9.73. The van der Waals surface area contributed by atoms with Crippen molar-refractivity contribution in [1.82, 2.24) is 0 Å². The van der Waals surface area contributed by atoms with E-state index < -0.39 is 0 Å². The molecule has 1 heterocycles. The van der Waals surface area contributed by atoms with Gasteiger partial charge in [0.1, 0.15) is 5.76 Å². The van der Waals surface area contributed by atoms with Gasteiger partial charge in [0.15, 0.2) is 0 Å². The molecule has 2 aromatic rings. The van der Waals surface area contributed by atoms with Gasteiger partial charge in [0.2, 0.25) is 0 Å². The van der Waals surface area contributed by atoms with Crippen molar-refractivity contribution in [2.75, 3.05) is 5.32 Å². The summed E-state index contributed by atoms with van der Waals surface area (Å²) in [7, 11) is 0. The minimum Gasteiger partial charge on any atom is -0.467 e. The third kappa shape index (κ3) is 2.45. The largest absolute Gasteiger partial charge is 0.467 e. The minimum absolute atomic E-state index is 0.248. The molecule has 1 N–H and O–H groups in total. The molecule has 2 nitrogen and oxygen atoms in total. The minimum atomic E-state index is 0.248. The number of furan rings is 1. The van der Waals surface area contributed by atoms with Crippen LogP contribution < -0.4 is 5.32 Å². The number of rotatable bonds is 4. The molecule has 84 valence electrons. The molecule has 0 spiro atoms. The van der Waals surface area contributed by atoms with Crippen molar-refractivity contribution in [3.05, 3.63) is 54.0 Å². The van der Waals surface area contributed by atoms with Crippen molar-refractivity contribution in [3.8, 4) is 0 Å². The van der Waals surface area contributed by atoms with Gasteiger partial charge in [-0.15, -0.1) is 0 Å². The molecule has 0 saturated heterocycles. The van der Waals surface area contributed by atoms with Gasteiger partial charge >= 0.3 is 0 Å². The van der Waals surface area contributed by atoms with Crippen LogP contribution in [0.5, 0.6) is 0 Å². The first-order valence-electron chi connectivity index (χ1n) is 5.66. The van der Waals surface area contributed by atoms with E-state index in [1.165, 1.54) is 5.56 Å². The maximum atomic E-state index is 5.42. The van der Waals surface area contributed by atoms with Crippen LogP contribution in [0.4, 0.5) is 5.69 Å². The molecule has 0 aliphatic carbocycles. The van der Waals surface area contributed by atoms with Crippen LogP contribution in [0.3, 0.4) is 0 Å². The smallest absolute Gasteiger partial charge is 0.125 e. The highest BCUT2D eigenvalue weighted by atomic mass is 16.3. The van der Waals surface area contributed by atoms with Gasteiger partial charge in [-0.3, -0.25) is 0 Å². The lowest BCUT2D eigenvalue weighted by atomic mass is 10.1. The monoisotopic (exact) mass is 215 g/mol. The molecule has 0 saturated carbocycles. The molecule has 2 rings (SSSR count). The van der Waals surface area contributed by atoms with Crippen molar-refractivity contribution >= 4 is 5.69 Å². The highest BCUT2D eigenvalue weighted by Crippen LogP contribution is 2.22. The summed E-state index contributed by atoms with van der Waals surface area (Å²) >= 11 is 0. The van der Waals surface area contributed by atoms with E-state index in [-0.39, 0.29) is 6.04 Å². The normalized spacial score (nSPS) is 12.4. The molecule has 0 radical (unpaired) electrons. The average molecular weight is 215 g/mol. The first-order valence-corrected chi connectivity index (χ1v) is 5.66. The lowest BCUT2D eigenvalue weighted by molar-refractivity contribution is 0.474. The second-order valence-electron chi connectivity index (χ2n) is 3.99. The van der Waals surface area contributed by atoms with E-state index in [1.54, 1.807) is 6.26 Å². The lowest BCUT2D eigenvalue weighted by Crippen LogP contribution is -2.08. The zero-order valence-corrected chi connectivity index (χ0v) is 9.73. The molecule has 0 amide bonds. The van der Waals surface area contributed by atoms with Gasteiger partial charge < -0.3 is 9.73 Å². The van der Waals surface area contributed by atoms with Crippen LogP contribution >= 0.6 is 0 Å². The van der Waals surface area contributed by atoms with E-state index in [2.05, 4.69) is 43.4 Å². The maximum absolute atomic E-state index is 5.42. The molecule has 16 heavy (non-hydrogen) atoms. The lowest BCUT2D eigenvalue weighted by Gasteiger charge is -2.16. The Kier molecular flexibility index (Phi) is 3.30. The molecule has 0 fully saturated rings. The fraction of sp³-hybridized carbons (Fsp3) is 0.286. The van der Waals surface area contributed by atoms with Crippen molar-refractivity contribution in [1.29, 1.82) is 0 Å². The molecule has 0 bridgehead atoms. The third-order valence-corrected chi connectivity index (χ3v) is 2.69. The second-order valence-corrected chi connectivity index (χ2v) is 3.99. The fourth-order valence-corrected chi connectivity index (χ4v) is 1.71. The van der Waals surface area contributed by atoms with E-state index in [1.807, 2.05) is 12.1 Å². The van der Waals surface area contributed by atoms with Gasteiger partial charge in [0.25, 0.3) is 0 Å². The highest BCUT2D eigenvalue weighted by Gasteiger charge is 2.11. The van der Waals surface area contributed by atoms with E-state index in [0.29, 0.717) is 0 Å². The standard InChI is InChI=1S/C14H17NO/c1-3-13(14-5-4-10-16-14)15-12-8-6-11(2)7-9-12/h4-10,13,15H,3H2,1-2H3. The van der Waals surface area contributed by atoms with Crippen molar-refractivity contribution in [2.45, 2.75) is 26.3 Å². The Morgan fingerprint density at radius 2 is 1.94 bits per heavy atom. The summed E-state index contributed by atoms with van der Waals surface area (Å²) in [5.74, 6) is 0.989. The number of aryl methyl sites for hydroxylation is 1. The Labute approximate surface area is 96.3 Å². The van der Waals surface area contributed by atoms with Gasteiger partial charge in [-0.1, -0.05) is 24.6 Å². The van der Waals surface area contributed by atoms with Crippen LogP contribution in [0.15, 0.2) is 47.1 Å². The van der Waals surface area contributed by atoms with E-state index >= 15 is 0 Å². The predicted molar refractivity (Wildman–Crippen MR) is 66.5 cm³/mol. The molecule has 1 atom stereocenters. The van der Waals surface area contributed by atoms with Crippen molar-refractivity contribution in [2.24, 2.45) is 0 Å². The second kappa shape index (κ2) is 4.88. The van der Waals surface area contributed by atoms with Crippen molar-refractivity contribution < 1.29 is 4.42 Å². The molecule has 1 aromatic heterocycles. The summed E-state index contributed by atoms with van der Waals surface area (Å²) < 4.78 is 5.42. The van der Waals surface area contributed by atoms with Gasteiger partial charge in [-0.2, -0.15) is 0 Å². The Bertz CT molecular complexity index is 417. The quantitative estimate of drug-likeness (QED) is 0.828. The maximum Gasteiger partial charge on any atom is 0.125 e. The zero-order chi connectivity index (χ0) is 11.4. The van der Waals surface area contributed by atoms with Crippen LogP contribution in [0, 0.1) is 6.92 Å². The van der Waals surface area contributed by atoms with E-state index in [9.17, 15) is 0 Å². The molecule has 0 aliphatic heterocycles. The van der Waals surface area contributed by atoms with E-state index in [0.717, 1.165) is 17.9 Å². The summed E-state index contributed by atoms with van der Waals surface area (Å²) in [6.07, 6.45) is 2.72. The first kappa shape index (κ1) is 10.8. The highest BCUT2D eigenvalue weighted by molar-refractivity contribution is 5.45. The summed E-state index contributed by atoms with van der Waals surface area (Å²) in [5.41, 5.74) is 2.41. The molecule has 0 aliphatic rings. The van der Waals surface area contributed by atoms with Crippen LogP contribution in [0.2, 0.25) is 0 Å². The summed E-state index contributed by atoms with van der Waals surface area (Å²) in [6.45, 7) is 4.24. The Morgan fingerprint density at radius 3 is 2.50 bits per heavy atom. The molecule has 1 unspecified atom stereocenters. The number of hydrogen-bond donors (Lipinski definition) is 1. The summed E-state index contributed by atoms with van der Waals surface area (Å²) in [4.78, 5) is 0. The molecular formula is C14H17NO. The predicted octanol–water partition coefficient (Wildman–Crippen LogP) is 4.15. The van der Waals surface area contributed by atoms with Gasteiger partial charge in [0.05, 0.1) is 12.3 Å². The van der Waals surface area contributed by atoms with Crippen LogP contribution in [0.25, 0.3) is 0 Å². The summed E-state index contributed by atoms with van der Waals surface area (Å²) in [5, 5.41) is 3.46. The Morgan fingerprint density at radius 1 is 1.19 bits per heavy atom. The summed E-state index contributed by atoms with van der Waals surface area (Å²) in [6, 6.07) is 12.6. The Hall–Kier alpha value is -1.70. The van der Waals surface area contributed by atoms with Crippen LogP contribution in [0.1, 0.15) is 30.7 Å². The average Bonchev–Trinajstić information content (AvgIpc) is 2.82. The SMILES string of the molecule is CCC(Nc1ccc(C)cc1)c1ccco1. The Balaban J connectivity index is 2.10. The topological polar surface area (TPSA) is 25.2 Å². The van der Waals surface area contributed by atoms with Crippen LogP contribution in [-0.4, -0.2) is 0 Å². The third-order valence-electron chi connectivity index (χ3n) is 2.69. The molecular weight excluding hydrogens is 198 g/mol. The van der Waals surface area contributed by atoms with Crippen LogP contribution in [-0.2, 0) is 0 Å². The molecule has 2 heteroatoms. The van der Waals surface area contributed by atoms with Crippen molar-refractivity contribution in [3.63, 3.8) is 0 Å². The number of hydrogen-bond acceptors (Lipinski definition) is 2. The van der Waals surface area contributed by atoms with Gasteiger partial charge in [-0.05, 0) is 37.6 Å². The number of nitrogens with one attached hydrogen (secondary N) is 1. The van der Waals surface area contributed by atoms with Gasteiger partial charge in [0, 0.05) is 5.69 Å². The van der Waals surface area contributed by atoms with E-state index in [4.69, 9.17) is 4.42 Å². The first-order chi connectivity index (χ1) is 7.79. The number of anilines is 1.